The maximum atomic E-state index is 11.4. The van der Waals surface area contributed by atoms with Crippen molar-refractivity contribution in [2.24, 2.45) is 5.41 Å². The van der Waals surface area contributed by atoms with Crippen molar-refractivity contribution >= 4 is 35.0 Å². The molecular formula is C13H14MgO4. The molecule has 92 valence electrons. The molecule has 0 N–H and O–H groups in total. The third-order valence-corrected chi connectivity index (χ3v) is 2.94. The van der Waals surface area contributed by atoms with E-state index in [0.29, 0.717) is 0 Å². The molecule has 0 aliphatic rings. The minimum Gasteiger partial charge on any atom is -0.549 e. The Morgan fingerprint density at radius 1 is 0.944 bits per heavy atom. The standard InChI is InChI=1S/C13H16O4.Mg/c1-12(2,3)13(10(14)15,11(16)17)9-7-5-4-6-8-9;/h4-8H,1-3H3,(H,14,15)(H,16,17);/q;+2/p-2. The smallest absolute Gasteiger partial charge is 0.549 e. The third-order valence-electron chi connectivity index (χ3n) is 2.94. The molecule has 0 saturated carbocycles. The minimum absolute atomic E-state index is 0. The summed E-state index contributed by atoms with van der Waals surface area (Å²) in [6.45, 7) is 4.60. The fourth-order valence-corrected chi connectivity index (χ4v) is 2.05. The molecule has 0 aliphatic heterocycles. The molecular weight excluding hydrogens is 244 g/mol. The van der Waals surface area contributed by atoms with Gasteiger partial charge in [0.15, 0.2) is 0 Å². The van der Waals surface area contributed by atoms with Crippen molar-refractivity contribution in [3.05, 3.63) is 35.9 Å². The number of carbonyl (C=O) groups is 2. The molecule has 0 unspecified atom stereocenters. The van der Waals surface area contributed by atoms with Gasteiger partial charge < -0.3 is 19.8 Å². The quantitative estimate of drug-likeness (QED) is 0.519. The maximum Gasteiger partial charge on any atom is 2.00 e. The second kappa shape index (κ2) is 5.71. The molecule has 0 bridgehead atoms. The Balaban J connectivity index is 0.00000289. The van der Waals surface area contributed by atoms with Crippen LogP contribution in [0.25, 0.3) is 0 Å². The number of hydrogen-bond acceptors (Lipinski definition) is 4. The summed E-state index contributed by atoms with van der Waals surface area (Å²) in [5, 5.41) is 22.8. The van der Waals surface area contributed by atoms with E-state index >= 15 is 0 Å². The van der Waals surface area contributed by atoms with Crippen LogP contribution in [0.3, 0.4) is 0 Å². The van der Waals surface area contributed by atoms with Gasteiger partial charge in [-0.1, -0.05) is 51.1 Å². The van der Waals surface area contributed by atoms with Crippen molar-refractivity contribution in [1.82, 2.24) is 0 Å². The van der Waals surface area contributed by atoms with E-state index in [1.54, 1.807) is 18.2 Å². The minimum atomic E-state index is -2.16. The fourth-order valence-electron chi connectivity index (χ4n) is 2.05. The predicted molar refractivity (Wildman–Crippen MR) is 63.3 cm³/mol. The summed E-state index contributed by atoms with van der Waals surface area (Å²) >= 11 is 0. The maximum absolute atomic E-state index is 11.4. The van der Waals surface area contributed by atoms with E-state index in [9.17, 15) is 19.8 Å². The van der Waals surface area contributed by atoms with Crippen LogP contribution in [-0.2, 0) is 15.0 Å². The summed E-state index contributed by atoms with van der Waals surface area (Å²) < 4.78 is 0. The first-order valence-electron chi connectivity index (χ1n) is 5.23. The number of carbonyl (C=O) groups excluding carboxylic acids is 2. The Labute approximate surface area is 122 Å². The van der Waals surface area contributed by atoms with Crippen LogP contribution in [0.1, 0.15) is 26.3 Å². The topological polar surface area (TPSA) is 80.3 Å². The molecule has 0 aromatic heterocycles. The Hall–Kier alpha value is -1.07. The average Bonchev–Trinajstić information content (AvgIpc) is 2.16. The largest absolute Gasteiger partial charge is 2.00 e. The average molecular weight is 259 g/mol. The molecule has 0 heterocycles. The molecule has 4 nitrogen and oxygen atoms in total. The Morgan fingerprint density at radius 2 is 1.33 bits per heavy atom. The summed E-state index contributed by atoms with van der Waals surface area (Å²) in [6.07, 6.45) is 0. The monoisotopic (exact) mass is 258 g/mol. The van der Waals surface area contributed by atoms with Crippen LogP contribution in [0.15, 0.2) is 30.3 Å². The van der Waals surface area contributed by atoms with Crippen LogP contribution < -0.4 is 10.2 Å². The zero-order valence-electron chi connectivity index (χ0n) is 10.7. The summed E-state index contributed by atoms with van der Waals surface area (Å²) in [4.78, 5) is 22.8. The molecule has 0 amide bonds. The van der Waals surface area contributed by atoms with Crippen molar-refractivity contribution in [3.63, 3.8) is 0 Å². The van der Waals surface area contributed by atoms with Gasteiger partial charge in [-0.2, -0.15) is 0 Å². The molecule has 0 radical (unpaired) electrons. The van der Waals surface area contributed by atoms with E-state index in [1.807, 2.05) is 0 Å². The van der Waals surface area contributed by atoms with Gasteiger partial charge >= 0.3 is 23.1 Å². The molecule has 1 rings (SSSR count). The number of hydrogen-bond donors (Lipinski definition) is 0. The van der Waals surface area contributed by atoms with Gasteiger partial charge in [0.2, 0.25) is 0 Å². The molecule has 0 spiro atoms. The van der Waals surface area contributed by atoms with E-state index in [4.69, 9.17) is 0 Å². The molecule has 5 heteroatoms. The van der Waals surface area contributed by atoms with Crippen molar-refractivity contribution in [2.45, 2.75) is 26.2 Å². The number of carboxylic acids is 2. The number of aliphatic carboxylic acids is 2. The summed E-state index contributed by atoms with van der Waals surface area (Å²) in [5.41, 5.74) is -3.06. The first-order valence-corrected chi connectivity index (χ1v) is 5.23. The van der Waals surface area contributed by atoms with Crippen LogP contribution in [-0.4, -0.2) is 35.0 Å². The molecule has 0 atom stereocenters. The van der Waals surface area contributed by atoms with Crippen LogP contribution >= 0.6 is 0 Å². The zero-order valence-corrected chi connectivity index (χ0v) is 12.1. The molecule has 0 saturated heterocycles. The van der Waals surface area contributed by atoms with Gasteiger partial charge in [0.05, 0.1) is 17.4 Å². The Kier molecular flexibility index (Phi) is 5.37. The van der Waals surface area contributed by atoms with Gasteiger partial charge in [-0.25, -0.2) is 0 Å². The van der Waals surface area contributed by atoms with E-state index in [0.717, 1.165) is 0 Å². The van der Waals surface area contributed by atoms with Gasteiger partial charge in [0.25, 0.3) is 0 Å². The Morgan fingerprint density at radius 3 is 1.61 bits per heavy atom. The molecule has 18 heavy (non-hydrogen) atoms. The molecule has 0 aliphatic carbocycles. The van der Waals surface area contributed by atoms with Crippen LogP contribution in [0.2, 0.25) is 0 Å². The fraction of sp³-hybridized carbons (Fsp3) is 0.385. The number of benzene rings is 1. The normalized spacial score (nSPS) is 11.5. The van der Waals surface area contributed by atoms with Gasteiger partial charge in [0, 0.05) is 0 Å². The summed E-state index contributed by atoms with van der Waals surface area (Å²) in [6, 6.07) is 7.76. The predicted octanol–water partition coefficient (Wildman–Crippen LogP) is -0.910. The summed E-state index contributed by atoms with van der Waals surface area (Å²) in [5.74, 6) is -3.31. The van der Waals surface area contributed by atoms with E-state index in [1.165, 1.54) is 32.9 Å². The van der Waals surface area contributed by atoms with Crippen molar-refractivity contribution in [3.8, 4) is 0 Å². The van der Waals surface area contributed by atoms with Crippen LogP contribution in [0.4, 0.5) is 0 Å². The van der Waals surface area contributed by atoms with Crippen LogP contribution in [0, 0.1) is 5.41 Å². The van der Waals surface area contributed by atoms with Gasteiger partial charge in [0.1, 0.15) is 0 Å². The number of rotatable bonds is 3. The zero-order chi connectivity index (χ0) is 13.3. The summed E-state index contributed by atoms with van der Waals surface area (Å²) in [7, 11) is 0. The van der Waals surface area contributed by atoms with Gasteiger partial charge in [-0.3, -0.25) is 0 Å². The third kappa shape index (κ3) is 2.52. The van der Waals surface area contributed by atoms with Gasteiger partial charge in [-0.05, 0) is 11.0 Å². The van der Waals surface area contributed by atoms with Crippen molar-refractivity contribution in [1.29, 1.82) is 0 Å². The first-order chi connectivity index (χ1) is 7.74. The second-order valence-electron chi connectivity index (χ2n) is 4.94. The molecule has 1 aromatic carbocycles. The van der Waals surface area contributed by atoms with E-state index in [2.05, 4.69) is 0 Å². The van der Waals surface area contributed by atoms with Crippen molar-refractivity contribution in [2.75, 3.05) is 0 Å². The van der Waals surface area contributed by atoms with Crippen molar-refractivity contribution < 1.29 is 19.8 Å². The first kappa shape index (κ1) is 16.9. The van der Waals surface area contributed by atoms with E-state index < -0.39 is 22.8 Å². The molecule has 0 fully saturated rings. The Bertz CT molecular complexity index is 420. The van der Waals surface area contributed by atoms with Crippen LogP contribution in [0.5, 0.6) is 0 Å². The molecule has 1 aromatic rings. The second-order valence-corrected chi connectivity index (χ2v) is 4.94. The van der Waals surface area contributed by atoms with E-state index in [-0.39, 0.29) is 28.6 Å². The van der Waals surface area contributed by atoms with Gasteiger partial charge in [-0.15, -0.1) is 0 Å². The SMILES string of the molecule is CC(C)(C)C(C(=O)[O-])(C(=O)[O-])c1ccccc1.[Mg+2]. The number of carboxylic acid groups (broad SMARTS) is 2.